The summed E-state index contributed by atoms with van der Waals surface area (Å²) in [6, 6.07) is 6.39. The van der Waals surface area contributed by atoms with Crippen molar-refractivity contribution in [1.82, 2.24) is 10.1 Å². The van der Waals surface area contributed by atoms with Gasteiger partial charge in [0.2, 0.25) is 5.91 Å². The molecule has 0 spiro atoms. The number of anilines is 1. The highest BCUT2D eigenvalue weighted by molar-refractivity contribution is 7.99. The summed E-state index contributed by atoms with van der Waals surface area (Å²) in [5.41, 5.74) is 2.71. The number of carbonyl (C=O) groups excluding carboxylic acids is 1. The molecule has 2 aromatic heterocycles. The van der Waals surface area contributed by atoms with Crippen molar-refractivity contribution in [3.63, 3.8) is 0 Å². The third-order valence-corrected chi connectivity index (χ3v) is 5.51. The third kappa shape index (κ3) is 5.08. The zero-order valence-electron chi connectivity index (χ0n) is 15.1. The molecule has 1 N–H and O–H groups in total. The largest absolute Gasteiger partial charge is 0.434 e. The van der Waals surface area contributed by atoms with Gasteiger partial charge in [-0.15, -0.1) is 23.1 Å². The normalized spacial score (nSPS) is 11.0. The number of hydrogen-bond acceptors (Lipinski definition) is 7. The second-order valence-electron chi connectivity index (χ2n) is 5.76. The molecule has 6 nitrogen and oxygen atoms in total. The van der Waals surface area contributed by atoms with Gasteiger partial charge in [0, 0.05) is 22.3 Å². The van der Waals surface area contributed by atoms with Crippen LogP contribution < -0.4 is 10.1 Å². The van der Waals surface area contributed by atoms with Crippen molar-refractivity contribution in [3.05, 3.63) is 46.7 Å². The van der Waals surface area contributed by atoms with Gasteiger partial charge in [0.05, 0.1) is 17.1 Å². The molecule has 28 heavy (non-hydrogen) atoms. The molecule has 0 fully saturated rings. The van der Waals surface area contributed by atoms with Crippen molar-refractivity contribution >= 4 is 34.1 Å². The molecule has 0 unspecified atom stereocenters. The minimum absolute atomic E-state index is 0.0377. The van der Waals surface area contributed by atoms with Crippen molar-refractivity contribution in [3.8, 4) is 17.0 Å². The van der Waals surface area contributed by atoms with Gasteiger partial charge in [-0.2, -0.15) is 8.78 Å². The highest BCUT2D eigenvalue weighted by Gasteiger charge is 2.15. The summed E-state index contributed by atoms with van der Waals surface area (Å²) in [5, 5.41) is 8.68. The lowest BCUT2D eigenvalue weighted by atomic mass is 10.1. The fourth-order valence-electron chi connectivity index (χ4n) is 2.44. The van der Waals surface area contributed by atoms with Gasteiger partial charge in [-0.1, -0.05) is 17.3 Å². The number of thioether (sulfide) groups is 1. The van der Waals surface area contributed by atoms with E-state index in [-0.39, 0.29) is 17.4 Å². The van der Waals surface area contributed by atoms with Crippen molar-refractivity contribution in [1.29, 1.82) is 0 Å². The Kier molecular flexibility index (Phi) is 6.63. The van der Waals surface area contributed by atoms with Crippen LogP contribution in [-0.2, 0) is 10.5 Å². The summed E-state index contributed by atoms with van der Waals surface area (Å²) in [4.78, 5) is 16.4. The summed E-state index contributed by atoms with van der Waals surface area (Å²) in [6.45, 7) is 0.774. The molecule has 0 saturated carbocycles. The number of aromatic nitrogens is 2. The van der Waals surface area contributed by atoms with Gasteiger partial charge in [0.1, 0.15) is 11.5 Å². The summed E-state index contributed by atoms with van der Waals surface area (Å²) in [5.74, 6) is 1.45. The van der Waals surface area contributed by atoms with Crippen LogP contribution in [0.2, 0.25) is 0 Å². The van der Waals surface area contributed by atoms with E-state index in [0.717, 1.165) is 17.0 Å². The topological polar surface area (TPSA) is 77.3 Å². The number of alkyl halides is 2. The summed E-state index contributed by atoms with van der Waals surface area (Å²) in [7, 11) is 0. The van der Waals surface area contributed by atoms with Gasteiger partial charge in [0.25, 0.3) is 0 Å². The van der Waals surface area contributed by atoms with Gasteiger partial charge in [-0.25, -0.2) is 4.98 Å². The zero-order chi connectivity index (χ0) is 20.1. The maximum absolute atomic E-state index is 12.6. The Morgan fingerprint density at radius 2 is 2.14 bits per heavy atom. The number of ether oxygens (including phenoxy) is 1. The number of halogens is 2. The number of rotatable bonds is 8. The molecule has 0 saturated heterocycles. The molecular formula is C18H17F2N3O3S2. The zero-order valence-corrected chi connectivity index (χ0v) is 16.7. The number of aryl methyl sites for hydroxylation is 2. The summed E-state index contributed by atoms with van der Waals surface area (Å²) in [6.07, 6.45) is 0. The number of benzene rings is 1. The van der Waals surface area contributed by atoms with Crippen LogP contribution in [0.15, 0.2) is 34.2 Å². The minimum Gasteiger partial charge on any atom is -0.434 e. The van der Waals surface area contributed by atoms with Crippen LogP contribution in [0, 0.1) is 13.8 Å². The summed E-state index contributed by atoms with van der Waals surface area (Å²) < 4.78 is 34.7. The number of hydrogen-bond donors (Lipinski definition) is 1. The van der Waals surface area contributed by atoms with Crippen LogP contribution in [0.1, 0.15) is 17.0 Å². The standard InChI is InChI=1S/C18H17F2N3O3S2/c1-10-13(11(2)26-23-10)7-27-9-16(24)22-18-21-14(8-28-18)12-5-3-4-6-15(12)25-17(19)20/h3-6,8,17H,7,9H2,1-2H3,(H,21,22,24). The van der Waals surface area contributed by atoms with Crippen molar-refractivity contribution in [2.45, 2.75) is 26.2 Å². The maximum Gasteiger partial charge on any atom is 0.387 e. The van der Waals surface area contributed by atoms with E-state index in [2.05, 4.69) is 20.2 Å². The smallest absolute Gasteiger partial charge is 0.387 e. The maximum atomic E-state index is 12.6. The highest BCUT2D eigenvalue weighted by Crippen LogP contribution is 2.33. The SMILES string of the molecule is Cc1noc(C)c1CSCC(=O)Nc1nc(-c2ccccc2OC(F)F)cs1. The van der Waals surface area contributed by atoms with Crippen LogP contribution in [-0.4, -0.2) is 28.4 Å². The first kappa shape index (κ1) is 20.3. The quantitative estimate of drug-likeness (QED) is 0.554. The molecule has 0 radical (unpaired) electrons. The van der Waals surface area contributed by atoms with E-state index in [1.54, 1.807) is 23.6 Å². The molecule has 3 rings (SSSR count). The third-order valence-electron chi connectivity index (χ3n) is 3.79. The molecule has 0 bridgehead atoms. The van der Waals surface area contributed by atoms with E-state index >= 15 is 0 Å². The Bertz CT molecular complexity index is 940. The van der Waals surface area contributed by atoms with E-state index < -0.39 is 6.61 Å². The first-order valence-corrected chi connectivity index (χ1v) is 10.3. The van der Waals surface area contributed by atoms with Gasteiger partial charge in [0.15, 0.2) is 5.13 Å². The van der Waals surface area contributed by atoms with Crippen molar-refractivity contribution < 1.29 is 22.8 Å². The average Bonchev–Trinajstić information content (AvgIpc) is 3.23. The van der Waals surface area contributed by atoms with Gasteiger partial charge in [-0.05, 0) is 26.0 Å². The van der Waals surface area contributed by atoms with Crippen molar-refractivity contribution in [2.75, 3.05) is 11.1 Å². The minimum atomic E-state index is -2.92. The first-order chi connectivity index (χ1) is 13.4. The van der Waals surface area contributed by atoms with Crippen LogP contribution >= 0.6 is 23.1 Å². The fourth-order valence-corrected chi connectivity index (χ4v) is 4.14. The monoisotopic (exact) mass is 425 g/mol. The van der Waals surface area contributed by atoms with E-state index in [1.807, 2.05) is 13.8 Å². The number of carbonyl (C=O) groups is 1. The molecular weight excluding hydrogens is 408 g/mol. The van der Waals surface area contributed by atoms with E-state index in [0.29, 0.717) is 22.1 Å². The molecule has 3 aromatic rings. The van der Waals surface area contributed by atoms with Gasteiger partial charge in [-0.3, -0.25) is 4.79 Å². The molecule has 0 aliphatic rings. The molecule has 1 amide bonds. The number of amides is 1. The summed E-state index contributed by atoms with van der Waals surface area (Å²) >= 11 is 2.66. The number of thiazole rings is 1. The van der Waals surface area contributed by atoms with Gasteiger partial charge < -0.3 is 14.6 Å². The molecule has 0 atom stereocenters. The van der Waals surface area contributed by atoms with Crippen LogP contribution in [0.5, 0.6) is 5.75 Å². The predicted octanol–water partition coefficient (Wildman–Crippen LogP) is 4.89. The molecule has 148 valence electrons. The average molecular weight is 425 g/mol. The lowest BCUT2D eigenvalue weighted by Crippen LogP contribution is -2.14. The second kappa shape index (κ2) is 9.16. The van der Waals surface area contributed by atoms with E-state index in [4.69, 9.17) is 4.52 Å². The number of nitrogens with one attached hydrogen (secondary N) is 1. The van der Waals surface area contributed by atoms with E-state index in [9.17, 15) is 13.6 Å². The molecule has 2 heterocycles. The Hall–Kier alpha value is -2.46. The lowest BCUT2D eigenvalue weighted by molar-refractivity contribution is -0.113. The predicted molar refractivity (Wildman–Crippen MR) is 105 cm³/mol. The Morgan fingerprint density at radius 1 is 1.36 bits per heavy atom. The Morgan fingerprint density at radius 3 is 2.86 bits per heavy atom. The van der Waals surface area contributed by atoms with Crippen molar-refractivity contribution in [2.24, 2.45) is 0 Å². The van der Waals surface area contributed by atoms with E-state index in [1.165, 1.54) is 29.2 Å². The Balaban J connectivity index is 1.58. The number of nitrogens with zero attached hydrogens (tertiary/aromatic N) is 2. The second-order valence-corrected chi connectivity index (χ2v) is 7.60. The fraction of sp³-hybridized carbons (Fsp3) is 0.278. The molecule has 1 aromatic carbocycles. The van der Waals surface area contributed by atoms with Crippen LogP contribution in [0.25, 0.3) is 11.3 Å². The lowest BCUT2D eigenvalue weighted by Gasteiger charge is -2.08. The Labute approximate surface area is 168 Å². The first-order valence-electron chi connectivity index (χ1n) is 8.23. The number of para-hydroxylation sites is 1. The molecule has 0 aliphatic heterocycles. The van der Waals surface area contributed by atoms with Gasteiger partial charge >= 0.3 is 6.61 Å². The van der Waals surface area contributed by atoms with Crippen LogP contribution in [0.3, 0.4) is 0 Å². The molecule has 10 heteroatoms. The highest BCUT2D eigenvalue weighted by atomic mass is 32.2. The van der Waals surface area contributed by atoms with Crippen LogP contribution in [0.4, 0.5) is 13.9 Å². The molecule has 0 aliphatic carbocycles.